The third-order valence-corrected chi connectivity index (χ3v) is 4.93. The van der Waals surface area contributed by atoms with Crippen molar-refractivity contribution in [1.29, 1.82) is 0 Å². The molecule has 0 bridgehead atoms. The minimum Gasteiger partial charge on any atom is -0.391 e. The zero-order chi connectivity index (χ0) is 13.9. The van der Waals surface area contributed by atoms with Crippen molar-refractivity contribution in [3.8, 4) is 0 Å². The van der Waals surface area contributed by atoms with Crippen molar-refractivity contribution in [3.05, 3.63) is 0 Å². The fourth-order valence-electron chi connectivity index (χ4n) is 3.60. The Hall–Kier alpha value is -0.120. The van der Waals surface area contributed by atoms with Gasteiger partial charge in [-0.1, -0.05) is 25.7 Å². The van der Waals surface area contributed by atoms with Crippen LogP contribution in [0, 0.1) is 0 Å². The van der Waals surface area contributed by atoms with Crippen LogP contribution in [0.1, 0.15) is 59.3 Å². The number of nitrogens with zero attached hydrogens (tertiary/aromatic N) is 2. The molecule has 2 fully saturated rings. The molecule has 0 amide bonds. The highest BCUT2D eigenvalue weighted by atomic mass is 16.3. The Morgan fingerprint density at radius 1 is 0.842 bits per heavy atom. The van der Waals surface area contributed by atoms with E-state index in [1.54, 1.807) is 0 Å². The molecule has 3 heteroatoms. The lowest BCUT2D eigenvalue weighted by molar-refractivity contribution is -0.0120. The Bertz CT molecular complexity index is 266. The van der Waals surface area contributed by atoms with Crippen molar-refractivity contribution in [2.24, 2.45) is 0 Å². The van der Waals surface area contributed by atoms with Gasteiger partial charge in [-0.05, 0) is 33.6 Å². The molecule has 2 rings (SSSR count). The topological polar surface area (TPSA) is 26.7 Å². The standard InChI is InChI=1S/C16H32N2O/c1-16(2,3)18-12-10-17(11-13-18)14-8-6-4-5-7-9-15(14)19/h14-15,19H,4-13H2,1-3H3. The molecule has 1 aliphatic heterocycles. The SMILES string of the molecule is CC(C)(C)N1CCN(C2CCCCCCC2O)CC1. The molecule has 3 nitrogen and oxygen atoms in total. The first kappa shape index (κ1) is 15.3. The maximum atomic E-state index is 10.4. The second-order valence-corrected chi connectivity index (χ2v) is 7.32. The number of rotatable bonds is 1. The molecule has 19 heavy (non-hydrogen) atoms. The number of hydrogen-bond acceptors (Lipinski definition) is 3. The van der Waals surface area contributed by atoms with Gasteiger partial charge in [-0.3, -0.25) is 9.80 Å². The molecule has 2 aliphatic rings. The lowest BCUT2D eigenvalue weighted by atomic mass is 9.92. The van der Waals surface area contributed by atoms with Crippen molar-refractivity contribution < 1.29 is 5.11 Å². The van der Waals surface area contributed by atoms with Crippen LogP contribution in [-0.4, -0.2) is 58.8 Å². The van der Waals surface area contributed by atoms with E-state index in [1.165, 1.54) is 32.1 Å². The van der Waals surface area contributed by atoms with E-state index < -0.39 is 0 Å². The number of piperazine rings is 1. The molecule has 0 aromatic heterocycles. The Labute approximate surface area is 119 Å². The molecule has 2 unspecified atom stereocenters. The minimum absolute atomic E-state index is 0.0958. The molecule has 1 N–H and O–H groups in total. The van der Waals surface area contributed by atoms with Crippen LogP contribution in [0.25, 0.3) is 0 Å². The van der Waals surface area contributed by atoms with E-state index in [2.05, 4.69) is 30.6 Å². The molecule has 1 saturated carbocycles. The fraction of sp³-hybridized carbons (Fsp3) is 1.00. The highest BCUT2D eigenvalue weighted by Gasteiger charge is 2.32. The van der Waals surface area contributed by atoms with Crippen molar-refractivity contribution in [2.45, 2.75) is 77.0 Å². The number of hydrogen-bond donors (Lipinski definition) is 1. The summed E-state index contributed by atoms with van der Waals surface area (Å²) in [4.78, 5) is 5.12. The maximum Gasteiger partial charge on any atom is 0.0695 e. The Morgan fingerprint density at radius 2 is 1.42 bits per heavy atom. The Balaban J connectivity index is 1.88. The predicted octanol–water partition coefficient (Wildman–Crippen LogP) is 2.49. The smallest absolute Gasteiger partial charge is 0.0695 e. The Morgan fingerprint density at radius 3 is 2.00 bits per heavy atom. The van der Waals surface area contributed by atoms with Gasteiger partial charge in [-0.2, -0.15) is 0 Å². The molecule has 1 heterocycles. The van der Waals surface area contributed by atoms with Gasteiger partial charge in [-0.15, -0.1) is 0 Å². The molecule has 2 atom stereocenters. The monoisotopic (exact) mass is 268 g/mol. The molecular formula is C16H32N2O. The van der Waals surface area contributed by atoms with Crippen LogP contribution in [-0.2, 0) is 0 Å². The average Bonchev–Trinajstić information content (AvgIpc) is 2.34. The number of aliphatic hydroxyl groups is 1. The van der Waals surface area contributed by atoms with Crippen molar-refractivity contribution in [1.82, 2.24) is 9.80 Å². The van der Waals surface area contributed by atoms with E-state index >= 15 is 0 Å². The summed E-state index contributed by atoms with van der Waals surface area (Å²) >= 11 is 0. The average molecular weight is 268 g/mol. The zero-order valence-electron chi connectivity index (χ0n) is 13.1. The van der Waals surface area contributed by atoms with E-state index in [0.717, 1.165) is 32.6 Å². The molecular weight excluding hydrogens is 236 g/mol. The van der Waals surface area contributed by atoms with Crippen molar-refractivity contribution >= 4 is 0 Å². The van der Waals surface area contributed by atoms with E-state index in [0.29, 0.717) is 6.04 Å². The molecule has 1 aliphatic carbocycles. The molecule has 1 saturated heterocycles. The molecule has 0 radical (unpaired) electrons. The van der Waals surface area contributed by atoms with E-state index in [9.17, 15) is 5.11 Å². The summed E-state index contributed by atoms with van der Waals surface area (Å²) in [6, 6.07) is 0.419. The van der Waals surface area contributed by atoms with Crippen LogP contribution in [0.5, 0.6) is 0 Å². The fourth-order valence-corrected chi connectivity index (χ4v) is 3.60. The molecule has 0 spiro atoms. The molecule has 0 aromatic carbocycles. The summed E-state index contributed by atoms with van der Waals surface area (Å²) in [5, 5.41) is 10.4. The third kappa shape index (κ3) is 4.17. The predicted molar refractivity (Wildman–Crippen MR) is 80.4 cm³/mol. The summed E-state index contributed by atoms with van der Waals surface area (Å²) in [6.45, 7) is 11.4. The summed E-state index contributed by atoms with van der Waals surface area (Å²) in [5.74, 6) is 0. The van der Waals surface area contributed by atoms with Gasteiger partial charge in [0.15, 0.2) is 0 Å². The summed E-state index contributed by atoms with van der Waals surface area (Å²) < 4.78 is 0. The van der Waals surface area contributed by atoms with Crippen LogP contribution in [0.4, 0.5) is 0 Å². The summed E-state index contributed by atoms with van der Waals surface area (Å²) in [5.41, 5.74) is 0.283. The second kappa shape index (κ2) is 6.55. The van der Waals surface area contributed by atoms with Crippen LogP contribution in [0.2, 0.25) is 0 Å². The highest BCUT2D eigenvalue weighted by Crippen LogP contribution is 2.24. The van der Waals surface area contributed by atoms with Gasteiger partial charge in [0.2, 0.25) is 0 Å². The summed E-state index contributed by atoms with van der Waals surface area (Å²) in [7, 11) is 0. The van der Waals surface area contributed by atoms with Gasteiger partial charge in [0.05, 0.1) is 6.10 Å². The third-order valence-electron chi connectivity index (χ3n) is 4.93. The van der Waals surface area contributed by atoms with Gasteiger partial charge in [0, 0.05) is 37.8 Å². The first-order valence-electron chi connectivity index (χ1n) is 8.15. The van der Waals surface area contributed by atoms with Gasteiger partial charge >= 0.3 is 0 Å². The number of aliphatic hydroxyl groups excluding tert-OH is 1. The van der Waals surface area contributed by atoms with Gasteiger partial charge in [-0.25, -0.2) is 0 Å². The van der Waals surface area contributed by atoms with E-state index in [4.69, 9.17) is 0 Å². The van der Waals surface area contributed by atoms with E-state index in [1.807, 2.05) is 0 Å². The van der Waals surface area contributed by atoms with Crippen molar-refractivity contribution in [2.75, 3.05) is 26.2 Å². The van der Waals surface area contributed by atoms with Crippen molar-refractivity contribution in [3.63, 3.8) is 0 Å². The second-order valence-electron chi connectivity index (χ2n) is 7.32. The van der Waals surface area contributed by atoms with Crippen LogP contribution in [0.3, 0.4) is 0 Å². The van der Waals surface area contributed by atoms with Crippen LogP contribution in [0.15, 0.2) is 0 Å². The molecule has 112 valence electrons. The quantitative estimate of drug-likeness (QED) is 0.791. The van der Waals surface area contributed by atoms with Gasteiger partial charge < -0.3 is 5.11 Å². The Kier molecular flexibility index (Phi) is 5.27. The minimum atomic E-state index is -0.0958. The van der Waals surface area contributed by atoms with Gasteiger partial charge in [0.25, 0.3) is 0 Å². The first-order chi connectivity index (χ1) is 8.98. The largest absolute Gasteiger partial charge is 0.391 e. The lowest BCUT2D eigenvalue weighted by Gasteiger charge is -2.46. The van der Waals surface area contributed by atoms with Gasteiger partial charge in [0.1, 0.15) is 0 Å². The normalized spacial score (nSPS) is 32.8. The first-order valence-corrected chi connectivity index (χ1v) is 8.15. The molecule has 0 aromatic rings. The summed E-state index contributed by atoms with van der Waals surface area (Å²) in [6.07, 6.45) is 7.26. The highest BCUT2D eigenvalue weighted by molar-refractivity contribution is 4.87. The van der Waals surface area contributed by atoms with Crippen LogP contribution < -0.4 is 0 Å². The maximum absolute atomic E-state index is 10.4. The zero-order valence-corrected chi connectivity index (χ0v) is 13.1. The van der Waals surface area contributed by atoms with Crippen LogP contribution >= 0.6 is 0 Å². The van der Waals surface area contributed by atoms with E-state index in [-0.39, 0.29) is 11.6 Å². The lowest BCUT2D eigenvalue weighted by Crippen LogP contribution is -2.57.